The number of benzene rings is 2. The molecule has 0 saturated carbocycles. The highest BCUT2D eigenvalue weighted by Crippen LogP contribution is 2.21. The summed E-state index contributed by atoms with van der Waals surface area (Å²) < 4.78 is 2.08. The van der Waals surface area contributed by atoms with Crippen LogP contribution in [0.4, 0.5) is 0 Å². The minimum absolute atomic E-state index is 0.149. The van der Waals surface area contributed by atoms with Crippen molar-refractivity contribution in [1.82, 2.24) is 19.7 Å². The van der Waals surface area contributed by atoms with Gasteiger partial charge in [-0.3, -0.25) is 9.89 Å². The molecule has 0 aliphatic rings. The maximum absolute atomic E-state index is 12.7. The standard InChI is InChI=1S/C24H26N4O/c1-27(24(29)15-19-17-28(2)23-13-7-6-12-21(19)23)14-8-11-20-16-22(26-25-20)18-9-4-3-5-10-18/h3-7,9-10,12-13,16-17H,8,11,14-15H2,1-2H3,(H,25,26). The number of aryl methyl sites for hydroxylation is 2. The van der Waals surface area contributed by atoms with Crippen LogP contribution in [-0.2, 0) is 24.7 Å². The molecule has 1 amide bonds. The first-order valence-corrected chi connectivity index (χ1v) is 9.98. The molecule has 0 unspecified atom stereocenters. The van der Waals surface area contributed by atoms with Gasteiger partial charge < -0.3 is 9.47 Å². The van der Waals surface area contributed by atoms with E-state index in [1.54, 1.807) is 0 Å². The maximum Gasteiger partial charge on any atom is 0.226 e. The summed E-state index contributed by atoms with van der Waals surface area (Å²) >= 11 is 0. The Bertz CT molecular complexity index is 1110. The highest BCUT2D eigenvalue weighted by atomic mass is 16.2. The minimum Gasteiger partial charge on any atom is -0.350 e. The first-order valence-electron chi connectivity index (χ1n) is 9.98. The number of hydrogen-bond acceptors (Lipinski definition) is 2. The van der Waals surface area contributed by atoms with Crippen molar-refractivity contribution < 1.29 is 4.79 Å². The van der Waals surface area contributed by atoms with Crippen LogP contribution in [0.25, 0.3) is 22.2 Å². The first-order chi connectivity index (χ1) is 14.1. The number of aromatic amines is 1. The van der Waals surface area contributed by atoms with Crippen molar-refractivity contribution in [2.45, 2.75) is 19.3 Å². The summed E-state index contributed by atoms with van der Waals surface area (Å²) in [7, 11) is 3.91. The van der Waals surface area contributed by atoms with E-state index in [-0.39, 0.29) is 5.91 Å². The van der Waals surface area contributed by atoms with E-state index in [0.29, 0.717) is 6.42 Å². The van der Waals surface area contributed by atoms with Gasteiger partial charge in [0.1, 0.15) is 0 Å². The van der Waals surface area contributed by atoms with Gasteiger partial charge in [0.2, 0.25) is 5.91 Å². The normalized spacial score (nSPS) is 11.1. The van der Waals surface area contributed by atoms with Crippen LogP contribution in [0, 0.1) is 0 Å². The third kappa shape index (κ3) is 4.24. The fourth-order valence-corrected chi connectivity index (χ4v) is 3.74. The van der Waals surface area contributed by atoms with Gasteiger partial charge in [-0.15, -0.1) is 0 Å². The largest absolute Gasteiger partial charge is 0.350 e. The number of H-pyrrole nitrogens is 1. The van der Waals surface area contributed by atoms with E-state index < -0.39 is 0 Å². The van der Waals surface area contributed by atoms with Gasteiger partial charge in [-0.2, -0.15) is 5.10 Å². The van der Waals surface area contributed by atoms with Crippen LogP contribution in [0.2, 0.25) is 0 Å². The van der Waals surface area contributed by atoms with Crippen molar-refractivity contribution in [2.24, 2.45) is 7.05 Å². The second-order valence-electron chi connectivity index (χ2n) is 7.52. The summed E-state index contributed by atoms with van der Waals surface area (Å²) in [4.78, 5) is 14.5. The Morgan fingerprint density at radius 3 is 2.69 bits per heavy atom. The molecule has 0 aliphatic carbocycles. The number of carbonyl (C=O) groups is 1. The van der Waals surface area contributed by atoms with Crippen molar-refractivity contribution in [3.8, 4) is 11.3 Å². The molecule has 0 atom stereocenters. The lowest BCUT2D eigenvalue weighted by Crippen LogP contribution is -2.29. The molecule has 0 radical (unpaired) electrons. The number of rotatable bonds is 7. The van der Waals surface area contributed by atoms with Gasteiger partial charge >= 0.3 is 0 Å². The quantitative estimate of drug-likeness (QED) is 0.517. The van der Waals surface area contributed by atoms with E-state index in [1.165, 1.54) is 0 Å². The van der Waals surface area contributed by atoms with Crippen LogP contribution in [-0.4, -0.2) is 39.2 Å². The molecule has 2 aromatic heterocycles. The van der Waals surface area contributed by atoms with Gasteiger partial charge in [-0.1, -0.05) is 48.5 Å². The summed E-state index contributed by atoms with van der Waals surface area (Å²) in [6.45, 7) is 0.725. The number of fused-ring (bicyclic) bond motifs is 1. The van der Waals surface area contributed by atoms with Crippen LogP contribution >= 0.6 is 0 Å². The second kappa shape index (κ2) is 8.35. The number of aromatic nitrogens is 3. The number of nitrogens with one attached hydrogen (secondary N) is 1. The van der Waals surface area contributed by atoms with E-state index in [9.17, 15) is 4.79 Å². The molecule has 0 fully saturated rings. The van der Waals surface area contributed by atoms with Crippen molar-refractivity contribution >= 4 is 16.8 Å². The first kappa shape index (κ1) is 19.0. The molecule has 0 spiro atoms. The van der Waals surface area contributed by atoms with Gasteiger partial charge in [0.05, 0.1) is 12.1 Å². The Kier molecular flexibility index (Phi) is 5.47. The van der Waals surface area contributed by atoms with Crippen LogP contribution in [0.15, 0.2) is 66.9 Å². The Morgan fingerprint density at radius 2 is 1.86 bits per heavy atom. The molecule has 1 N–H and O–H groups in total. The minimum atomic E-state index is 0.149. The Hall–Kier alpha value is -3.34. The predicted octanol–water partition coefficient (Wildman–Crippen LogP) is 4.20. The number of likely N-dealkylation sites (N-methyl/N-ethyl adjacent to an activating group) is 1. The summed E-state index contributed by atoms with van der Waals surface area (Å²) in [5.74, 6) is 0.149. The Balaban J connectivity index is 1.31. The van der Waals surface area contributed by atoms with Crippen molar-refractivity contribution in [3.05, 3.63) is 78.1 Å². The lowest BCUT2D eigenvalue weighted by molar-refractivity contribution is -0.129. The number of nitrogens with zero attached hydrogens (tertiary/aromatic N) is 3. The number of carbonyl (C=O) groups excluding carboxylic acids is 1. The third-order valence-corrected chi connectivity index (χ3v) is 5.39. The van der Waals surface area contributed by atoms with Gasteiger partial charge in [-0.25, -0.2) is 0 Å². The van der Waals surface area contributed by atoms with E-state index >= 15 is 0 Å². The topological polar surface area (TPSA) is 53.9 Å². The second-order valence-corrected chi connectivity index (χ2v) is 7.52. The monoisotopic (exact) mass is 386 g/mol. The van der Waals surface area contributed by atoms with E-state index in [2.05, 4.69) is 51.3 Å². The molecule has 5 nitrogen and oxygen atoms in total. The Morgan fingerprint density at radius 1 is 1.10 bits per heavy atom. The summed E-state index contributed by atoms with van der Waals surface area (Å²) in [6, 6.07) is 20.4. The SMILES string of the molecule is CN(CCCc1cc(-c2ccccc2)n[nH]1)C(=O)Cc1cn(C)c2ccccc12. The van der Waals surface area contributed by atoms with E-state index in [1.807, 2.05) is 49.3 Å². The van der Waals surface area contributed by atoms with Crippen LogP contribution in [0.3, 0.4) is 0 Å². The van der Waals surface area contributed by atoms with Gasteiger partial charge in [0.15, 0.2) is 0 Å². The maximum atomic E-state index is 12.7. The van der Waals surface area contributed by atoms with E-state index in [0.717, 1.165) is 52.8 Å². The summed E-state index contributed by atoms with van der Waals surface area (Å²) in [5.41, 5.74) is 5.41. The van der Waals surface area contributed by atoms with E-state index in [4.69, 9.17) is 0 Å². The molecule has 0 bridgehead atoms. The predicted molar refractivity (Wildman–Crippen MR) is 117 cm³/mol. The molecule has 2 aromatic carbocycles. The number of para-hydroxylation sites is 1. The summed E-state index contributed by atoms with van der Waals surface area (Å²) in [5, 5.41) is 8.67. The zero-order valence-electron chi connectivity index (χ0n) is 16.9. The van der Waals surface area contributed by atoms with Crippen LogP contribution < -0.4 is 0 Å². The fraction of sp³-hybridized carbons (Fsp3) is 0.250. The molecule has 5 heteroatoms. The third-order valence-electron chi connectivity index (χ3n) is 5.39. The Labute approximate surface area is 171 Å². The van der Waals surface area contributed by atoms with Gasteiger partial charge in [-0.05, 0) is 30.5 Å². The summed E-state index contributed by atoms with van der Waals surface area (Å²) in [6.07, 6.45) is 4.26. The zero-order valence-corrected chi connectivity index (χ0v) is 16.9. The molecular formula is C24H26N4O. The molecule has 0 aliphatic heterocycles. The van der Waals surface area contributed by atoms with Crippen molar-refractivity contribution in [2.75, 3.05) is 13.6 Å². The highest BCUT2D eigenvalue weighted by molar-refractivity contribution is 5.89. The molecule has 2 heterocycles. The number of hydrogen-bond donors (Lipinski definition) is 1. The average molecular weight is 386 g/mol. The lowest BCUT2D eigenvalue weighted by Gasteiger charge is -2.16. The number of amides is 1. The molecular weight excluding hydrogens is 360 g/mol. The smallest absolute Gasteiger partial charge is 0.226 e. The van der Waals surface area contributed by atoms with Gasteiger partial charge in [0, 0.05) is 49.0 Å². The van der Waals surface area contributed by atoms with Gasteiger partial charge in [0.25, 0.3) is 0 Å². The lowest BCUT2D eigenvalue weighted by atomic mass is 10.1. The average Bonchev–Trinajstić information content (AvgIpc) is 3.34. The molecule has 4 rings (SSSR count). The molecule has 29 heavy (non-hydrogen) atoms. The van der Waals surface area contributed by atoms with Crippen LogP contribution in [0.1, 0.15) is 17.7 Å². The molecule has 148 valence electrons. The fourth-order valence-electron chi connectivity index (χ4n) is 3.74. The van der Waals surface area contributed by atoms with Crippen molar-refractivity contribution in [3.63, 3.8) is 0 Å². The van der Waals surface area contributed by atoms with Crippen LogP contribution in [0.5, 0.6) is 0 Å². The highest BCUT2D eigenvalue weighted by Gasteiger charge is 2.14. The molecule has 4 aromatic rings. The van der Waals surface area contributed by atoms with Crippen molar-refractivity contribution in [1.29, 1.82) is 0 Å². The zero-order chi connectivity index (χ0) is 20.2. The molecule has 0 saturated heterocycles.